The lowest BCUT2D eigenvalue weighted by Gasteiger charge is -2.29. The van der Waals surface area contributed by atoms with Crippen molar-refractivity contribution in [2.45, 2.75) is 50.6 Å². The fourth-order valence-electron chi connectivity index (χ4n) is 3.14. The molecule has 20 heavy (non-hydrogen) atoms. The molecule has 1 aliphatic rings. The van der Waals surface area contributed by atoms with Gasteiger partial charge < -0.3 is 15.4 Å². The normalized spacial score (nSPS) is 18.8. The van der Waals surface area contributed by atoms with Crippen LogP contribution < -0.4 is 10.5 Å². The summed E-state index contributed by atoms with van der Waals surface area (Å²) in [6, 6.07) is 8.87. The topological polar surface area (TPSA) is 38.5 Å². The minimum atomic E-state index is 0.0540. The van der Waals surface area contributed by atoms with Crippen LogP contribution >= 0.6 is 0 Å². The number of benzene rings is 1. The Hall–Kier alpha value is -1.06. The Morgan fingerprint density at radius 1 is 1.25 bits per heavy atom. The van der Waals surface area contributed by atoms with Crippen LogP contribution in [0.15, 0.2) is 24.3 Å². The Labute approximate surface area is 123 Å². The highest BCUT2D eigenvalue weighted by Gasteiger charge is 2.19. The number of hydrogen-bond acceptors (Lipinski definition) is 3. The smallest absolute Gasteiger partial charge is 0.119 e. The van der Waals surface area contributed by atoms with E-state index in [-0.39, 0.29) is 6.04 Å². The van der Waals surface area contributed by atoms with Gasteiger partial charge in [-0.3, -0.25) is 0 Å². The van der Waals surface area contributed by atoms with Gasteiger partial charge in [-0.25, -0.2) is 0 Å². The number of nitrogens with two attached hydrogens (primary N) is 1. The predicted molar refractivity (Wildman–Crippen MR) is 84.0 cm³/mol. The van der Waals surface area contributed by atoms with Crippen LogP contribution in [0.1, 0.15) is 50.1 Å². The molecule has 1 fully saturated rings. The molecule has 2 rings (SSSR count). The minimum Gasteiger partial charge on any atom is -0.497 e. The van der Waals surface area contributed by atoms with E-state index in [0.29, 0.717) is 6.04 Å². The Morgan fingerprint density at radius 3 is 2.60 bits per heavy atom. The summed E-state index contributed by atoms with van der Waals surface area (Å²) in [7, 11) is 3.91. The van der Waals surface area contributed by atoms with Gasteiger partial charge in [-0.05, 0) is 37.6 Å². The second-order valence-corrected chi connectivity index (χ2v) is 5.97. The molecule has 0 saturated heterocycles. The van der Waals surface area contributed by atoms with Crippen LogP contribution in [-0.2, 0) is 0 Å². The van der Waals surface area contributed by atoms with Crippen LogP contribution in [0.25, 0.3) is 0 Å². The summed E-state index contributed by atoms with van der Waals surface area (Å²) in [5.74, 6) is 0.884. The van der Waals surface area contributed by atoms with Crippen molar-refractivity contribution in [3.63, 3.8) is 0 Å². The van der Waals surface area contributed by atoms with Gasteiger partial charge in [-0.2, -0.15) is 0 Å². The van der Waals surface area contributed by atoms with E-state index in [1.807, 2.05) is 18.2 Å². The highest BCUT2D eigenvalue weighted by Crippen LogP contribution is 2.23. The SMILES string of the molecule is COc1cccc(C(N)CN(C)C2CCCCCC2)c1. The van der Waals surface area contributed by atoms with Crippen molar-refractivity contribution < 1.29 is 4.74 Å². The number of rotatable bonds is 5. The van der Waals surface area contributed by atoms with E-state index in [0.717, 1.165) is 17.9 Å². The summed E-state index contributed by atoms with van der Waals surface area (Å²) in [6.07, 6.45) is 8.16. The van der Waals surface area contributed by atoms with Gasteiger partial charge in [0.2, 0.25) is 0 Å². The highest BCUT2D eigenvalue weighted by molar-refractivity contribution is 5.30. The fourth-order valence-corrected chi connectivity index (χ4v) is 3.14. The lowest BCUT2D eigenvalue weighted by molar-refractivity contribution is 0.209. The van der Waals surface area contributed by atoms with E-state index >= 15 is 0 Å². The zero-order valence-corrected chi connectivity index (χ0v) is 12.8. The van der Waals surface area contributed by atoms with Crippen molar-refractivity contribution >= 4 is 0 Å². The van der Waals surface area contributed by atoms with E-state index in [2.05, 4.69) is 18.0 Å². The molecule has 1 aromatic rings. The molecule has 0 aromatic heterocycles. The molecule has 1 aromatic carbocycles. The first-order valence-corrected chi connectivity index (χ1v) is 7.80. The Bertz CT molecular complexity index is 400. The van der Waals surface area contributed by atoms with Crippen molar-refractivity contribution in [1.29, 1.82) is 0 Å². The van der Waals surface area contributed by atoms with Gasteiger partial charge in [0.05, 0.1) is 7.11 Å². The monoisotopic (exact) mass is 276 g/mol. The first kappa shape index (κ1) is 15.3. The van der Waals surface area contributed by atoms with E-state index in [1.165, 1.54) is 38.5 Å². The lowest BCUT2D eigenvalue weighted by atomic mass is 10.0. The molecular formula is C17H28N2O. The molecule has 0 heterocycles. The fraction of sp³-hybridized carbons (Fsp3) is 0.647. The summed E-state index contributed by atoms with van der Waals surface area (Å²) >= 11 is 0. The van der Waals surface area contributed by atoms with E-state index < -0.39 is 0 Å². The molecule has 1 unspecified atom stereocenters. The van der Waals surface area contributed by atoms with Gasteiger partial charge in [0, 0.05) is 18.6 Å². The quantitative estimate of drug-likeness (QED) is 0.838. The first-order chi connectivity index (χ1) is 9.70. The van der Waals surface area contributed by atoms with E-state index in [1.54, 1.807) is 7.11 Å². The van der Waals surface area contributed by atoms with Crippen LogP contribution in [0.5, 0.6) is 5.75 Å². The summed E-state index contributed by atoms with van der Waals surface area (Å²) < 4.78 is 5.27. The Kier molecular flexibility index (Phi) is 5.86. The van der Waals surface area contributed by atoms with E-state index in [4.69, 9.17) is 10.5 Å². The van der Waals surface area contributed by atoms with Crippen molar-refractivity contribution in [2.24, 2.45) is 5.73 Å². The number of likely N-dealkylation sites (N-methyl/N-ethyl adjacent to an activating group) is 1. The molecule has 0 amide bonds. The Balaban J connectivity index is 1.93. The average molecular weight is 276 g/mol. The zero-order valence-electron chi connectivity index (χ0n) is 12.8. The molecule has 2 N–H and O–H groups in total. The van der Waals surface area contributed by atoms with Gasteiger partial charge in [0.25, 0.3) is 0 Å². The van der Waals surface area contributed by atoms with Crippen molar-refractivity contribution in [3.8, 4) is 5.75 Å². The van der Waals surface area contributed by atoms with Gasteiger partial charge in [0.1, 0.15) is 5.75 Å². The van der Waals surface area contributed by atoms with Crippen molar-refractivity contribution in [1.82, 2.24) is 4.90 Å². The maximum Gasteiger partial charge on any atom is 0.119 e. The standard InChI is InChI=1S/C17H28N2O/c1-19(15-9-5-3-4-6-10-15)13-17(18)14-8-7-11-16(12-14)20-2/h7-8,11-12,15,17H,3-6,9-10,13,18H2,1-2H3. The first-order valence-electron chi connectivity index (χ1n) is 7.80. The van der Waals surface area contributed by atoms with Crippen LogP contribution in [0, 0.1) is 0 Å². The third-order valence-electron chi connectivity index (χ3n) is 4.45. The lowest BCUT2D eigenvalue weighted by Crippen LogP contribution is -2.37. The number of hydrogen-bond donors (Lipinski definition) is 1. The molecule has 3 heteroatoms. The summed E-state index contributed by atoms with van der Waals surface area (Å²) in [6.45, 7) is 0.915. The maximum absolute atomic E-state index is 6.37. The highest BCUT2D eigenvalue weighted by atomic mass is 16.5. The molecular weight excluding hydrogens is 248 g/mol. The molecule has 3 nitrogen and oxygen atoms in total. The van der Waals surface area contributed by atoms with Gasteiger partial charge in [0.15, 0.2) is 0 Å². The van der Waals surface area contributed by atoms with Crippen molar-refractivity contribution in [3.05, 3.63) is 29.8 Å². The molecule has 1 atom stereocenters. The van der Waals surface area contributed by atoms with Crippen LogP contribution in [-0.4, -0.2) is 31.6 Å². The van der Waals surface area contributed by atoms with Crippen LogP contribution in [0.2, 0.25) is 0 Å². The number of methoxy groups -OCH3 is 1. The number of nitrogens with zero attached hydrogens (tertiary/aromatic N) is 1. The predicted octanol–water partition coefficient (Wildman–Crippen LogP) is 3.35. The second kappa shape index (κ2) is 7.65. The molecule has 112 valence electrons. The average Bonchev–Trinajstić information content (AvgIpc) is 2.76. The summed E-state index contributed by atoms with van der Waals surface area (Å²) in [5.41, 5.74) is 7.53. The van der Waals surface area contributed by atoms with E-state index in [9.17, 15) is 0 Å². The number of ether oxygens (including phenoxy) is 1. The van der Waals surface area contributed by atoms with Crippen molar-refractivity contribution in [2.75, 3.05) is 20.7 Å². The Morgan fingerprint density at radius 2 is 1.95 bits per heavy atom. The molecule has 1 aliphatic carbocycles. The zero-order chi connectivity index (χ0) is 14.4. The third kappa shape index (κ3) is 4.22. The molecule has 0 spiro atoms. The molecule has 0 bridgehead atoms. The largest absolute Gasteiger partial charge is 0.497 e. The second-order valence-electron chi connectivity index (χ2n) is 5.97. The van der Waals surface area contributed by atoms with Gasteiger partial charge in [-0.1, -0.05) is 37.8 Å². The van der Waals surface area contributed by atoms with Crippen LogP contribution in [0.4, 0.5) is 0 Å². The summed E-state index contributed by atoms with van der Waals surface area (Å²) in [5, 5.41) is 0. The molecule has 1 saturated carbocycles. The van der Waals surface area contributed by atoms with Crippen LogP contribution in [0.3, 0.4) is 0 Å². The summed E-state index contributed by atoms with van der Waals surface area (Å²) in [4.78, 5) is 2.45. The minimum absolute atomic E-state index is 0.0540. The molecule has 0 aliphatic heterocycles. The maximum atomic E-state index is 6.37. The van der Waals surface area contributed by atoms with Gasteiger partial charge >= 0.3 is 0 Å². The third-order valence-corrected chi connectivity index (χ3v) is 4.45. The van der Waals surface area contributed by atoms with Gasteiger partial charge in [-0.15, -0.1) is 0 Å². The molecule has 0 radical (unpaired) electrons.